The van der Waals surface area contributed by atoms with Crippen molar-refractivity contribution in [1.82, 2.24) is 4.57 Å². The van der Waals surface area contributed by atoms with Gasteiger partial charge in [-0.2, -0.15) is 13.2 Å². The van der Waals surface area contributed by atoms with Crippen molar-refractivity contribution in [3.63, 3.8) is 0 Å². The Morgan fingerprint density at radius 1 is 1.23 bits per heavy atom. The van der Waals surface area contributed by atoms with Gasteiger partial charge in [0.2, 0.25) is 6.33 Å². The number of rotatable bonds is 5. The molecule has 0 radical (unpaired) electrons. The third-order valence-corrected chi connectivity index (χ3v) is 4.57. The van der Waals surface area contributed by atoms with E-state index >= 15 is 0 Å². The molecule has 0 aliphatic heterocycles. The first-order valence-corrected chi connectivity index (χ1v) is 9.34. The summed E-state index contributed by atoms with van der Waals surface area (Å²) in [5, 5.41) is 0. The van der Waals surface area contributed by atoms with E-state index in [0.29, 0.717) is 0 Å². The van der Waals surface area contributed by atoms with Crippen molar-refractivity contribution >= 4 is 20.0 Å². The first kappa shape index (κ1) is 20.9. The lowest BCUT2D eigenvalue weighted by molar-refractivity contribution is -0.671. The van der Waals surface area contributed by atoms with E-state index in [9.17, 15) is 30.0 Å². The molecule has 1 heterocycles. The summed E-state index contributed by atoms with van der Waals surface area (Å²) in [6, 6.07) is 0. The van der Waals surface area contributed by atoms with Crippen LogP contribution in [0.1, 0.15) is 19.8 Å². The Labute approximate surface area is 127 Å². The molecule has 0 aliphatic carbocycles. The highest BCUT2D eigenvalue weighted by atomic mass is 32.3. The minimum atomic E-state index is -5.92. The third kappa shape index (κ3) is 8.34. The highest BCUT2D eigenvalue weighted by molar-refractivity contribution is 8.12. The molecule has 0 unspecified atom stereocenters. The molecule has 0 spiro atoms. The molecule has 0 aromatic carbocycles. The summed E-state index contributed by atoms with van der Waals surface area (Å²) < 4.78 is 80.3. The second kappa shape index (κ2) is 7.92. The van der Waals surface area contributed by atoms with E-state index in [2.05, 4.69) is 34.8 Å². The van der Waals surface area contributed by atoms with Crippen LogP contribution in [-0.4, -0.2) is 33.2 Å². The lowest BCUT2D eigenvalue weighted by Crippen LogP contribution is -2.23. The molecule has 0 atom stereocenters. The number of nitrogens with zero attached hydrogens (tertiary/aromatic N) is 3. The predicted octanol–water partition coefficient (Wildman–Crippen LogP) is 1.28. The summed E-state index contributed by atoms with van der Waals surface area (Å²) in [6.07, 6.45) is 9.06. The highest BCUT2D eigenvalue weighted by Gasteiger charge is 2.39. The van der Waals surface area contributed by atoms with Crippen LogP contribution in [-0.2, 0) is 33.6 Å². The molecule has 130 valence electrons. The number of aromatic nitrogens is 2. The standard InChI is InChI=1S/C8H15N2.C2H3F3NO4S2/c1-3-4-5-10-7-6-9(2)8-10;1-11(7,8)6-12(9,10)2(3,4)5/h6-8H,3-5H2,1-2H3;1H3/q+1;-1. The smallest absolute Gasteiger partial charge is 0.429 e. The van der Waals surface area contributed by atoms with Crippen molar-refractivity contribution in [3.8, 4) is 0 Å². The number of hydrogen-bond donors (Lipinski definition) is 0. The zero-order valence-corrected chi connectivity index (χ0v) is 13.9. The SMILES string of the molecule is CCCCn1cc[n+](C)c1.CS(=O)(=O)[N-]S(=O)(=O)C(F)(F)F. The number of unbranched alkanes of at least 4 members (excludes halogenated alkanes) is 1. The topological polar surface area (TPSA) is 91.2 Å². The number of hydrogen-bond acceptors (Lipinski definition) is 4. The van der Waals surface area contributed by atoms with Gasteiger partial charge in [-0.05, 0) is 6.42 Å². The molecule has 22 heavy (non-hydrogen) atoms. The van der Waals surface area contributed by atoms with Gasteiger partial charge in [-0.15, -0.1) is 0 Å². The number of imidazole rings is 1. The Bertz CT molecular complexity index is 666. The molecule has 0 bridgehead atoms. The van der Waals surface area contributed by atoms with Gasteiger partial charge in [0, 0.05) is 6.26 Å². The fraction of sp³-hybridized carbons (Fsp3) is 0.700. The van der Waals surface area contributed by atoms with Crippen molar-refractivity contribution in [1.29, 1.82) is 0 Å². The van der Waals surface area contributed by atoms with Crippen LogP contribution in [0.5, 0.6) is 0 Å². The first-order chi connectivity index (χ1) is 9.78. The van der Waals surface area contributed by atoms with E-state index in [1.54, 1.807) is 4.13 Å². The van der Waals surface area contributed by atoms with Crippen LogP contribution < -0.4 is 4.57 Å². The normalized spacial score (nSPS) is 12.6. The molecular formula is C10H18F3N3O4S2. The van der Waals surface area contributed by atoms with Crippen molar-refractivity contribution in [2.45, 2.75) is 31.8 Å². The van der Waals surface area contributed by atoms with E-state index in [1.165, 1.54) is 12.8 Å². The highest BCUT2D eigenvalue weighted by Crippen LogP contribution is 2.29. The van der Waals surface area contributed by atoms with Gasteiger partial charge in [-0.25, -0.2) is 26.0 Å². The number of alkyl halides is 3. The Balaban J connectivity index is 0.000000406. The fourth-order valence-electron chi connectivity index (χ4n) is 1.20. The maximum Gasteiger partial charge on any atom is 0.480 e. The van der Waals surface area contributed by atoms with E-state index in [0.717, 1.165) is 6.54 Å². The van der Waals surface area contributed by atoms with Gasteiger partial charge in [0.15, 0.2) is 10.0 Å². The van der Waals surface area contributed by atoms with Crippen LogP contribution in [0.15, 0.2) is 18.7 Å². The Morgan fingerprint density at radius 2 is 1.77 bits per heavy atom. The molecule has 7 nitrogen and oxygen atoms in total. The van der Waals surface area contributed by atoms with Gasteiger partial charge in [0.05, 0.1) is 23.6 Å². The van der Waals surface area contributed by atoms with Gasteiger partial charge in [-0.1, -0.05) is 13.3 Å². The molecule has 12 heteroatoms. The average molecular weight is 365 g/mol. The summed E-state index contributed by atoms with van der Waals surface area (Å²) >= 11 is 0. The summed E-state index contributed by atoms with van der Waals surface area (Å²) in [6.45, 7) is 3.36. The van der Waals surface area contributed by atoms with Crippen LogP contribution in [0.25, 0.3) is 4.13 Å². The summed E-state index contributed by atoms with van der Waals surface area (Å²) in [7, 11) is -8.42. The zero-order valence-electron chi connectivity index (χ0n) is 12.3. The van der Waals surface area contributed by atoms with Crippen LogP contribution in [0.4, 0.5) is 13.2 Å². The molecule has 0 amide bonds. The molecule has 1 aromatic rings. The molecule has 0 aliphatic rings. The third-order valence-electron chi connectivity index (χ3n) is 2.12. The Hall–Kier alpha value is -1.14. The van der Waals surface area contributed by atoms with Crippen molar-refractivity contribution in [2.75, 3.05) is 6.26 Å². The summed E-state index contributed by atoms with van der Waals surface area (Å²) in [5.41, 5.74) is -5.67. The summed E-state index contributed by atoms with van der Waals surface area (Å²) in [5.74, 6) is 0. The molecule has 1 rings (SSSR count). The van der Waals surface area contributed by atoms with Gasteiger partial charge < -0.3 is 4.13 Å². The molecule has 0 fully saturated rings. The Morgan fingerprint density at radius 3 is 2.05 bits per heavy atom. The number of sulfonamides is 2. The van der Waals surface area contributed by atoms with Crippen LogP contribution in [0, 0.1) is 0 Å². The number of aryl methyl sites for hydroxylation is 2. The lowest BCUT2D eigenvalue weighted by Gasteiger charge is -2.19. The van der Waals surface area contributed by atoms with Crippen LogP contribution in [0.2, 0.25) is 0 Å². The molecule has 0 N–H and O–H groups in total. The van der Waals surface area contributed by atoms with E-state index in [4.69, 9.17) is 0 Å². The zero-order chi connectivity index (χ0) is 17.6. The monoisotopic (exact) mass is 365 g/mol. The van der Waals surface area contributed by atoms with Gasteiger partial charge in [-0.3, -0.25) is 0 Å². The van der Waals surface area contributed by atoms with Gasteiger partial charge >= 0.3 is 5.51 Å². The molecule has 0 saturated heterocycles. The van der Waals surface area contributed by atoms with Gasteiger partial charge in [0.25, 0.3) is 0 Å². The second-order valence-electron chi connectivity index (χ2n) is 4.40. The largest absolute Gasteiger partial charge is 0.480 e. The van der Waals surface area contributed by atoms with E-state index in [-0.39, 0.29) is 6.26 Å². The summed E-state index contributed by atoms with van der Waals surface area (Å²) in [4.78, 5) is 0. The second-order valence-corrected chi connectivity index (χ2v) is 7.87. The van der Waals surface area contributed by atoms with E-state index < -0.39 is 25.6 Å². The predicted molar refractivity (Wildman–Crippen MR) is 73.7 cm³/mol. The van der Waals surface area contributed by atoms with Crippen LogP contribution >= 0.6 is 0 Å². The molecule has 1 aromatic heterocycles. The van der Waals surface area contributed by atoms with Gasteiger partial charge in [0.1, 0.15) is 12.4 Å². The maximum absolute atomic E-state index is 11.4. The van der Waals surface area contributed by atoms with Crippen molar-refractivity contribution in [3.05, 3.63) is 22.8 Å². The van der Waals surface area contributed by atoms with Crippen molar-refractivity contribution in [2.24, 2.45) is 7.05 Å². The molecular weight excluding hydrogens is 347 g/mol. The Kier molecular flexibility index (Phi) is 7.51. The van der Waals surface area contributed by atoms with Crippen LogP contribution in [0.3, 0.4) is 0 Å². The lowest BCUT2D eigenvalue weighted by atomic mass is 10.3. The van der Waals surface area contributed by atoms with Crippen molar-refractivity contribution < 1.29 is 34.6 Å². The maximum atomic E-state index is 11.4. The first-order valence-electron chi connectivity index (χ1n) is 6.05. The minimum Gasteiger partial charge on any atom is -0.429 e. The quantitative estimate of drug-likeness (QED) is 0.735. The molecule has 0 saturated carbocycles. The van der Waals surface area contributed by atoms with E-state index in [1.807, 2.05) is 7.05 Å². The number of halogens is 3. The minimum absolute atomic E-state index is 0.246. The fourth-order valence-corrected chi connectivity index (χ4v) is 2.96. The average Bonchev–Trinajstić information content (AvgIpc) is 2.68.